The maximum absolute atomic E-state index is 3.86. The first-order chi connectivity index (χ1) is 3.43. The molecule has 0 amide bonds. The molecule has 3 heteroatoms. The van der Waals surface area contributed by atoms with E-state index in [1.54, 1.807) is 18.5 Å². The molecule has 1 aromatic heterocycles. The summed E-state index contributed by atoms with van der Waals surface area (Å²) < 4.78 is 0. The molecular weight excluding hydrogens is 107 g/mol. The van der Waals surface area contributed by atoms with E-state index < -0.39 is 0 Å². The van der Waals surface area contributed by atoms with Gasteiger partial charge in [-0.2, -0.15) is 0 Å². The van der Waals surface area contributed by atoms with Crippen molar-refractivity contribution >= 4 is 6.08 Å². The highest BCUT2D eigenvalue weighted by atomic mass is 19.0. The van der Waals surface area contributed by atoms with E-state index in [1.807, 2.05) is 0 Å². The molecule has 0 aliphatic carbocycles. The van der Waals surface area contributed by atoms with E-state index in [0.717, 1.165) is 5.82 Å². The molecule has 0 saturated carbocycles. The molecule has 0 bridgehead atoms. The monoisotopic (exact) mass is 114 g/mol. The van der Waals surface area contributed by atoms with Gasteiger partial charge in [0.25, 0.3) is 0 Å². The average Bonchev–Trinajstić information content (AvgIpc) is 2.14. The van der Waals surface area contributed by atoms with Crippen molar-refractivity contribution in [2.24, 2.45) is 0 Å². The highest BCUT2D eigenvalue weighted by molar-refractivity contribution is 5.34. The second-order valence-corrected chi connectivity index (χ2v) is 1.18. The van der Waals surface area contributed by atoms with Crippen LogP contribution in [0.25, 0.3) is 6.08 Å². The normalized spacial score (nSPS) is 7.50. The predicted octanol–water partition coefficient (Wildman–Crippen LogP) is 1.21. The van der Waals surface area contributed by atoms with Crippen LogP contribution in [0.15, 0.2) is 19.0 Å². The van der Waals surface area contributed by atoms with E-state index in [9.17, 15) is 0 Å². The van der Waals surface area contributed by atoms with Gasteiger partial charge in [0.05, 0.1) is 0 Å². The van der Waals surface area contributed by atoms with Gasteiger partial charge in [-0.15, -0.1) is 0 Å². The van der Waals surface area contributed by atoms with Crippen molar-refractivity contribution in [2.45, 2.75) is 0 Å². The second kappa shape index (κ2) is 2.96. The summed E-state index contributed by atoms with van der Waals surface area (Å²) in [6.45, 7) is 3.51. The highest BCUT2D eigenvalue weighted by Crippen LogP contribution is 1.85. The molecule has 0 aliphatic heterocycles. The zero-order valence-electron chi connectivity index (χ0n) is 4.29. The molecule has 0 aromatic carbocycles. The van der Waals surface area contributed by atoms with Gasteiger partial charge < -0.3 is 4.98 Å². The standard InChI is InChI=1S/C5H6N2.FH/c1-2-5-6-3-4-7-5;/h2-4H,1H2,(H,6,7);1H. The Kier molecular flexibility index (Phi) is 2.54. The Morgan fingerprint density at radius 1 is 1.75 bits per heavy atom. The van der Waals surface area contributed by atoms with Gasteiger partial charge in [-0.3, -0.25) is 4.70 Å². The molecule has 0 unspecified atom stereocenters. The third-order valence-corrected chi connectivity index (χ3v) is 0.713. The van der Waals surface area contributed by atoms with Crippen molar-refractivity contribution in [2.75, 3.05) is 0 Å². The van der Waals surface area contributed by atoms with E-state index >= 15 is 0 Å². The third-order valence-electron chi connectivity index (χ3n) is 0.713. The number of H-pyrrole nitrogens is 1. The van der Waals surface area contributed by atoms with Crippen LogP contribution in [0, 0.1) is 0 Å². The van der Waals surface area contributed by atoms with Crippen LogP contribution in [0.5, 0.6) is 0 Å². The fourth-order valence-corrected chi connectivity index (χ4v) is 0.389. The molecule has 0 atom stereocenters. The smallest absolute Gasteiger partial charge is 0.129 e. The zero-order chi connectivity index (χ0) is 5.11. The quantitative estimate of drug-likeness (QED) is 0.584. The Morgan fingerprint density at radius 3 is 2.75 bits per heavy atom. The minimum absolute atomic E-state index is 0. The Morgan fingerprint density at radius 2 is 2.50 bits per heavy atom. The summed E-state index contributed by atoms with van der Waals surface area (Å²) in [7, 11) is 0. The minimum atomic E-state index is 0. The summed E-state index contributed by atoms with van der Waals surface area (Å²) in [5, 5.41) is 0. The Balaban J connectivity index is 0.000000490. The van der Waals surface area contributed by atoms with Crippen LogP contribution in [0.4, 0.5) is 4.70 Å². The fourth-order valence-electron chi connectivity index (χ4n) is 0.389. The van der Waals surface area contributed by atoms with Gasteiger partial charge in [-0.25, -0.2) is 4.98 Å². The minimum Gasteiger partial charge on any atom is -0.345 e. The van der Waals surface area contributed by atoms with Crippen molar-refractivity contribution in [3.05, 3.63) is 24.8 Å². The molecule has 1 aromatic rings. The molecule has 44 valence electrons. The van der Waals surface area contributed by atoms with Crippen LogP contribution in [-0.2, 0) is 0 Å². The number of hydrogen-bond donors (Lipinski definition) is 1. The van der Waals surface area contributed by atoms with Crippen molar-refractivity contribution in [1.29, 1.82) is 0 Å². The van der Waals surface area contributed by atoms with Gasteiger partial charge in [0.2, 0.25) is 0 Å². The van der Waals surface area contributed by atoms with E-state index in [4.69, 9.17) is 0 Å². The molecule has 2 nitrogen and oxygen atoms in total. The van der Waals surface area contributed by atoms with E-state index in [-0.39, 0.29) is 4.70 Å². The van der Waals surface area contributed by atoms with Gasteiger partial charge >= 0.3 is 0 Å². The lowest BCUT2D eigenvalue weighted by Crippen LogP contribution is -1.67. The Bertz CT molecular complexity index is 145. The lowest BCUT2D eigenvalue weighted by molar-refractivity contribution is 1.11. The van der Waals surface area contributed by atoms with Crippen molar-refractivity contribution in [3.8, 4) is 0 Å². The molecule has 1 heterocycles. The maximum atomic E-state index is 3.86. The van der Waals surface area contributed by atoms with Crippen LogP contribution in [0.3, 0.4) is 0 Å². The Hall–Kier alpha value is -1.12. The summed E-state index contributed by atoms with van der Waals surface area (Å²) >= 11 is 0. The van der Waals surface area contributed by atoms with Gasteiger partial charge in [-0.05, 0) is 6.08 Å². The third kappa shape index (κ3) is 1.18. The largest absolute Gasteiger partial charge is 0.345 e. The molecule has 0 fully saturated rings. The lowest BCUT2D eigenvalue weighted by Gasteiger charge is -1.73. The van der Waals surface area contributed by atoms with Crippen molar-refractivity contribution < 1.29 is 4.70 Å². The number of nitrogens with zero attached hydrogens (tertiary/aromatic N) is 1. The zero-order valence-corrected chi connectivity index (χ0v) is 4.29. The predicted molar refractivity (Wildman–Crippen MR) is 31.2 cm³/mol. The van der Waals surface area contributed by atoms with Gasteiger partial charge in [0.15, 0.2) is 0 Å². The summed E-state index contributed by atoms with van der Waals surface area (Å²) in [6, 6.07) is 0. The van der Waals surface area contributed by atoms with E-state index in [1.165, 1.54) is 0 Å². The molecule has 8 heavy (non-hydrogen) atoms. The molecular formula is C5H7FN2. The molecule has 0 spiro atoms. The molecule has 0 radical (unpaired) electrons. The number of aromatic amines is 1. The summed E-state index contributed by atoms with van der Waals surface area (Å²) in [6.07, 6.45) is 5.12. The van der Waals surface area contributed by atoms with Crippen LogP contribution in [0.1, 0.15) is 5.82 Å². The first kappa shape index (κ1) is 6.88. The van der Waals surface area contributed by atoms with E-state index in [0.29, 0.717) is 0 Å². The number of nitrogens with one attached hydrogen (secondary N) is 1. The lowest BCUT2D eigenvalue weighted by atomic mass is 10.6. The molecule has 0 saturated heterocycles. The summed E-state index contributed by atoms with van der Waals surface area (Å²) in [5.74, 6) is 0.819. The van der Waals surface area contributed by atoms with Crippen molar-refractivity contribution in [1.82, 2.24) is 9.97 Å². The summed E-state index contributed by atoms with van der Waals surface area (Å²) in [4.78, 5) is 6.72. The topological polar surface area (TPSA) is 28.7 Å². The van der Waals surface area contributed by atoms with Gasteiger partial charge in [0.1, 0.15) is 5.82 Å². The van der Waals surface area contributed by atoms with Gasteiger partial charge in [-0.1, -0.05) is 6.58 Å². The number of aromatic nitrogens is 2. The van der Waals surface area contributed by atoms with Crippen LogP contribution in [-0.4, -0.2) is 9.97 Å². The maximum Gasteiger partial charge on any atom is 0.129 e. The van der Waals surface area contributed by atoms with E-state index in [2.05, 4.69) is 16.5 Å². The highest BCUT2D eigenvalue weighted by Gasteiger charge is 1.78. The second-order valence-electron chi connectivity index (χ2n) is 1.18. The number of hydrogen-bond acceptors (Lipinski definition) is 1. The number of imidazole rings is 1. The first-order valence-electron chi connectivity index (χ1n) is 2.05. The number of halogens is 1. The Labute approximate surface area is 46.6 Å². The number of rotatable bonds is 1. The SMILES string of the molecule is C=Cc1ncc[nH]1.F. The summed E-state index contributed by atoms with van der Waals surface area (Å²) in [5.41, 5.74) is 0. The molecule has 0 aliphatic rings. The van der Waals surface area contributed by atoms with Crippen molar-refractivity contribution in [3.63, 3.8) is 0 Å². The average molecular weight is 114 g/mol. The molecule has 1 rings (SSSR count). The van der Waals surface area contributed by atoms with Crippen LogP contribution >= 0.6 is 0 Å². The van der Waals surface area contributed by atoms with Gasteiger partial charge in [0, 0.05) is 12.4 Å². The fraction of sp³-hybridized carbons (Fsp3) is 0. The van der Waals surface area contributed by atoms with Crippen LogP contribution < -0.4 is 0 Å². The van der Waals surface area contributed by atoms with Crippen LogP contribution in [0.2, 0.25) is 0 Å². The first-order valence-corrected chi connectivity index (χ1v) is 2.05. The molecule has 1 N–H and O–H groups in total.